The molecule has 0 spiro atoms. The number of hydrogen-bond acceptors (Lipinski definition) is 5. The van der Waals surface area contributed by atoms with E-state index in [2.05, 4.69) is 10.3 Å². The largest absolute Gasteiger partial charge is 0.472 e. The van der Waals surface area contributed by atoms with Crippen LogP contribution >= 0.6 is 0 Å². The van der Waals surface area contributed by atoms with Gasteiger partial charge in [-0.3, -0.25) is 9.63 Å². The molecule has 1 aliphatic heterocycles. The SMILES string of the molecule is CN1CC[N+](C)=C1On1nnc2ccccc2c1=O. The summed E-state index contributed by atoms with van der Waals surface area (Å²) < 4.78 is 1.92. The van der Waals surface area contributed by atoms with Crippen molar-refractivity contribution in [2.24, 2.45) is 0 Å². The highest BCUT2D eigenvalue weighted by Gasteiger charge is 2.28. The zero-order valence-electron chi connectivity index (χ0n) is 10.8. The highest BCUT2D eigenvalue weighted by Crippen LogP contribution is 2.03. The molecule has 98 valence electrons. The molecule has 7 heteroatoms. The lowest BCUT2D eigenvalue weighted by Gasteiger charge is -2.07. The first kappa shape index (κ1) is 11.6. The van der Waals surface area contributed by atoms with Gasteiger partial charge in [-0.2, -0.15) is 0 Å². The molecule has 2 aromatic rings. The van der Waals surface area contributed by atoms with Crippen LogP contribution in [0.1, 0.15) is 0 Å². The number of amidine groups is 1. The van der Waals surface area contributed by atoms with Gasteiger partial charge in [-0.1, -0.05) is 12.1 Å². The van der Waals surface area contributed by atoms with Gasteiger partial charge in [-0.15, -0.1) is 5.10 Å². The van der Waals surface area contributed by atoms with Crippen LogP contribution in [0.2, 0.25) is 0 Å². The highest BCUT2D eigenvalue weighted by atomic mass is 16.7. The monoisotopic (exact) mass is 260 g/mol. The van der Waals surface area contributed by atoms with Crippen molar-refractivity contribution in [3.8, 4) is 0 Å². The molecule has 0 N–H and O–H groups in total. The zero-order chi connectivity index (χ0) is 13.4. The van der Waals surface area contributed by atoms with Crippen LogP contribution in [0.3, 0.4) is 0 Å². The fourth-order valence-corrected chi connectivity index (χ4v) is 2.03. The maximum absolute atomic E-state index is 12.2. The van der Waals surface area contributed by atoms with Crippen LogP contribution in [0.15, 0.2) is 29.1 Å². The van der Waals surface area contributed by atoms with Gasteiger partial charge in [0.2, 0.25) is 0 Å². The average molecular weight is 260 g/mol. The van der Waals surface area contributed by atoms with Crippen molar-refractivity contribution in [2.75, 3.05) is 27.2 Å². The number of rotatable bonds is 1. The van der Waals surface area contributed by atoms with E-state index in [-0.39, 0.29) is 5.56 Å². The van der Waals surface area contributed by atoms with Crippen LogP contribution in [-0.2, 0) is 0 Å². The van der Waals surface area contributed by atoms with Gasteiger partial charge in [-0.25, -0.2) is 9.48 Å². The second-order valence-electron chi connectivity index (χ2n) is 4.50. The lowest BCUT2D eigenvalue weighted by Crippen LogP contribution is -2.41. The molecule has 0 radical (unpaired) electrons. The third kappa shape index (κ3) is 1.92. The van der Waals surface area contributed by atoms with Crippen molar-refractivity contribution in [3.05, 3.63) is 34.6 Å². The van der Waals surface area contributed by atoms with Crippen LogP contribution in [0.4, 0.5) is 0 Å². The molecule has 0 aliphatic carbocycles. The molecule has 19 heavy (non-hydrogen) atoms. The van der Waals surface area contributed by atoms with E-state index >= 15 is 0 Å². The number of hydrogen-bond donors (Lipinski definition) is 0. The van der Waals surface area contributed by atoms with Gasteiger partial charge in [0.15, 0.2) is 0 Å². The molecular formula is C12H14N5O2+. The summed E-state index contributed by atoms with van der Waals surface area (Å²) in [6, 6.07) is 7.64. The van der Waals surface area contributed by atoms with Crippen molar-refractivity contribution >= 4 is 16.9 Å². The van der Waals surface area contributed by atoms with Crippen LogP contribution in [0.5, 0.6) is 0 Å². The lowest BCUT2D eigenvalue weighted by molar-refractivity contribution is -0.495. The summed E-state index contributed by atoms with van der Waals surface area (Å²) in [7, 11) is 3.80. The molecule has 2 heterocycles. The van der Waals surface area contributed by atoms with E-state index in [9.17, 15) is 4.79 Å². The lowest BCUT2D eigenvalue weighted by atomic mass is 10.2. The predicted molar refractivity (Wildman–Crippen MR) is 69.1 cm³/mol. The molecule has 0 saturated carbocycles. The Morgan fingerprint density at radius 1 is 1.37 bits per heavy atom. The summed E-state index contributed by atoms with van der Waals surface area (Å²) in [5.41, 5.74) is 0.247. The van der Waals surface area contributed by atoms with Gasteiger partial charge < -0.3 is 0 Å². The second-order valence-corrected chi connectivity index (χ2v) is 4.50. The van der Waals surface area contributed by atoms with Crippen LogP contribution < -0.4 is 10.4 Å². The molecule has 1 aromatic heterocycles. The maximum Gasteiger partial charge on any atom is 0.472 e. The Hall–Kier alpha value is -2.44. The fraction of sp³-hybridized carbons (Fsp3) is 0.333. The third-order valence-corrected chi connectivity index (χ3v) is 3.13. The molecule has 0 unspecified atom stereocenters. The highest BCUT2D eigenvalue weighted by molar-refractivity contribution is 5.76. The predicted octanol–water partition coefficient (Wildman–Crippen LogP) is -0.836. The third-order valence-electron chi connectivity index (χ3n) is 3.13. The van der Waals surface area contributed by atoms with Gasteiger partial charge in [-0.05, 0) is 22.2 Å². The first-order valence-corrected chi connectivity index (χ1v) is 5.99. The number of benzene rings is 1. The Labute approximate surface area is 109 Å². The van der Waals surface area contributed by atoms with E-state index in [4.69, 9.17) is 4.84 Å². The van der Waals surface area contributed by atoms with E-state index in [1.165, 1.54) is 0 Å². The standard InChI is InChI=1S/C12H14N5O2/c1-15-7-8-16(2)12(15)19-17-11(18)9-5-3-4-6-10(9)13-14-17/h3-6H,7-8H2,1-2H3/q+1. The summed E-state index contributed by atoms with van der Waals surface area (Å²) in [4.78, 5) is 20.6. The number of nitrogens with zero attached hydrogens (tertiary/aromatic N) is 5. The topological polar surface area (TPSA) is 63.3 Å². The zero-order valence-corrected chi connectivity index (χ0v) is 10.8. The minimum Gasteiger partial charge on any atom is -0.275 e. The van der Waals surface area contributed by atoms with E-state index in [1.54, 1.807) is 18.2 Å². The summed E-state index contributed by atoms with van der Waals surface area (Å²) in [6.07, 6.45) is 0. The molecule has 1 aliphatic rings. The first-order valence-electron chi connectivity index (χ1n) is 5.99. The normalized spacial score (nSPS) is 15.4. The van der Waals surface area contributed by atoms with Gasteiger partial charge in [0.25, 0.3) is 0 Å². The number of likely N-dealkylation sites (N-methyl/N-ethyl adjacent to an activating group) is 2. The summed E-state index contributed by atoms with van der Waals surface area (Å²) in [5, 5.41) is 8.26. The minimum atomic E-state index is -0.313. The Kier molecular flexibility index (Phi) is 2.66. The van der Waals surface area contributed by atoms with Gasteiger partial charge in [0.1, 0.15) is 18.6 Å². The van der Waals surface area contributed by atoms with Crippen molar-refractivity contribution in [3.63, 3.8) is 0 Å². The molecular weight excluding hydrogens is 246 g/mol. The summed E-state index contributed by atoms with van der Waals surface area (Å²) in [5.74, 6) is 0. The molecule has 0 fully saturated rings. The van der Waals surface area contributed by atoms with Crippen molar-refractivity contribution in [1.82, 2.24) is 20.1 Å². The molecule has 0 bridgehead atoms. The number of fused-ring (bicyclic) bond motifs is 1. The molecule has 0 amide bonds. The van der Waals surface area contributed by atoms with Crippen LogP contribution in [-0.4, -0.2) is 57.8 Å². The van der Waals surface area contributed by atoms with Crippen molar-refractivity contribution in [2.45, 2.75) is 0 Å². The minimum absolute atomic E-state index is 0.313. The molecule has 1 aromatic carbocycles. The van der Waals surface area contributed by atoms with Gasteiger partial charge in [0.05, 0.1) is 19.5 Å². The average Bonchev–Trinajstić information content (AvgIpc) is 2.74. The molecule has 0 atom stereocenters. The van der Waals surface area contributed by atoms with Crippen molar-refractivity contribution in [1.29, 1.82) is 0 Å². The van der Waals surface area contributed by atoms with Crippen LogP contribution in [0.25, 0.3) is 10.9 Å². The number of aromatic nitrogens is 3. The second kappa shape index (κ2) is 4.34. The fourth-order valence-electron chi connectivity index (χ4n) is 2.03. The first-order chi connectivity index (χ1) is 9.16. The van der Waals surface area contributed by atoms with E-state index in [0.717, 1.165) is 17.9 Å². The van der Waals surface area contributed by atoms with E-state index < -0.39 is 0 Å². The Balaban J connectivity index is 2.05. The quantitative estimate of drug-likeness (QED) is 0.626. The van der Waals surface area contributed by atoms with E-state index in [0.29, 0.717) is 16.9 Å². The van der Waals surface area contributed by atoms with Gasteiger partial charge >= 0.3 is 11.6 Å². The molecule has 7 nitrogen and oxygen atoms in total. The molecule has 0 saturated heterocycles. The summed E-state index contributed by atoms with van der Waals surface area (Å²) >= 11 is 0. The Morgan fingerprint density at radius 3 is 2.89 bits per heavy atom. The van der Waals surface area contributed by atoms with Crippen LogP contribution in [0, 0.1) is 0 Å². The van der Waals surface area contributed by atoms with Crippen molar-refractivity contribution < 1.29 is 9.41 Å². The Morgan fingerprint density at radius 2 is 2.16 bits per heavy atom. The maximum atomic E-state index is 12.2. The Bertz CT molecular complexity index is 721. The summed E-state index contributed by atoms with van der Waals surface area (Å²) in [6.45, 7) is 1.70. The smallest absolute Gasteiger partial charge is 0.275 e. The molecule has 3 rings (SSSR count). The van der Waals surface area contributed by atoms with E-state index in [1.807, 2.05) is 29.6 Å². The van der Waals surface area contributed by atoms with Gasteiger partial charge in [0, 0.05) is 0 Å².